The lowest BCUT2D eigenvalue weighted by molar-refractivity contribution is -0.120. The molecular weight excluding hydrogens is 389 g/mol. The van der Waals surface area contributed by atoms with Gasteiger partial charge in [0.1, 0.15) is 5.75 Å². The number of amides is 2. The van der Waals surface area contributed by atoms with Gasteiger partial charge in [-0.15, -0.1) is 0 Å². The van der Waals surface area contributed by atoms with Crippen LogP contribution in [0, 0.1) is 0 Å². The zero-order valence-electron chi connectivity index (χ0n) is 14.9. The number of carbonyl (C=O) groups excluding carboxylic acids is 2. The number of carbonyl (C=O) groups is 2. The van der Waals surface area contributed by atoms with Crippen molar-refractivity contribution in [3.63, 3.8) is 0 Å². The Morgan fingerprint density at radius 2 is 1.81 bits per heavy atom. The standard InChI is InChI=1S/C19H19Cl2N3O3/c1-12(23-24-19(26)16-8-5-14(20)10-17(16)21)9-18(25)22-11-13-3-6-15(27-2)7-4-13/h3-8,10H,9,11H2,1-2H3,(H,22,25)(H,24,26)/b23-12+. The van der Waals surface area contributed by atoms with Crippen molar-refractivity contribution in [2.75, 3.05) is 7.11 Å². The molecule has 2 aromatic carbocycles. The first-order valence-corrected chi connectivity index (χ1v) is 8.83. The average Bonchev–Trinajstić information content (AvgIpc) is 2.65. The Labute approximate surface area is 167 Å². The molecule has 0 aromatic heterocycles. The zero-order valence-corrected chi connectivity index (χ0v) is 16.4. The van der Waals surface area contributed by atoms with E-state index in [0.29, 0.717) is 17.3 Å². The van der Waals surface area contributed by atoms with E-state index in [2.05, 4.69) is 15.8 Å². The van der Waals surface area contributed by atoms with Gasteiger partial charge < -0.3 is 10.1 Å². The number of hydrogen-bond acceptors (Lipinski definition) is 4. The molecule has 2 rings (SSSR count). The molecule has 2 aromatic rings. The van der Waals surface area contributed by atoms with Gasteiger partial charge in [-0.1, -0.05) is 35.3 Å². The van der Waals surface area contributed by atoms with E-state index in [1.807, 2.05) is 24.3 Å². The second kappa shape index (κ2) is 9.94. The van der Waals surface area contributed by atoms with Crippen molar-refractivity contribution in [2.24, 2.45) is 5.10 Å². The summed E-state index contributed by atoms with van der Waals surface area (Å²) in [4.78, 5) is 24.1. The number of nitrogens with zero attached hydrogens (tertiary/aromatic N) is 1. The van der Waals surface area contributed by atoms with Gasteiger partial charge in [0.15, 0.2) is 0 Å². The molecule has 0 aliphatic rings. The van der Waals surface area contributed by atoms with Gasteiger partial charge in [0.05, 0.1) is 24.1 Å². The molecule has 27 heavy (non-hydrogen) atoms. The maximum absolute atomic E-state index is 12.1. The molecule has 0 heterocycles. The summed E-state index contributed by atoms with van der Waals surface area (Å²) in [7, 11) is 1.60. The van der Waals surface area contributed by atoms with E-state index >= 15 is 0 Å². The third-order valence-electron chi connectivity index (χ3n) is 3.59. The fraction of sp³-hybridized carbons (Fsp3) is 0.211. The van der Waals surface area contributed by atoms with E-state index in [1.165, 1.54) is 12.1 Å². The average molecular weight is 408 g/mol. The van der Waals surface area contributed by atoms with Crippen molar-refractivity contribution in [3.05, 3.63) is 63.6 Å². The van der Waals surface area contributed by atoms with Crippen LogP contribution < -0.4 is 15.5 Å². The number of hydrazone groups is 1. The highest BCUT2D eigenvalue weighted by Gasteiger charge is 2.10. The van der Waals surface area contributed by atoms with Gasteiger partial charge in [-0.2, -0.15) is 5.10 Å². The molecule has 0 aliphatic heterocycles. The van der Waals surface area contributed by atoms with Gasteiger partial charge in [-0.05, 0) is 42.8 Å². The lowest BCUT2D eigenvalue weighted by Crippen LogP contribution is -2.26. The molecule has 0 atom stereocenters. The fourth-order valence-corrected chi connectivity index (χ4v) is 2.65. The zero-order chi connectivity index (χ0) is 19.8. The van der Waals surface area contributed by atoms with Crippen LogP contribution in [0.5, 0.6) is 5.75 Å². The Morgan fingerprint density at radius 3 is 2.44 bits per heavy atom. The summed E-state index contributed by atoms with van der Waals surface area (Å²) < 4.78 is 5.09. The second-order valence-corrected chi connectivity index (χ2v) is 6.56. The number of nitrogens with one attached hydrogen (secondary N) is 2. The van der Waals surface area contributed by atoms with Crippen LogP contribution in [0.1, 0.15) is 29.3 Å². The highest BCUT2D eigenvalue weighted by molar-refractivity contribution is 6.36. The van der Waals surface area contributed by atoms with Crippen molar-refractivity contribution in [1.29, 1.82) is 0 Å². The van der Waals surface area contributed by atoms with Gasteiger partial charge in [0.25, 0.3) is 5.91 Å². The normalized spacial score (nSPS) is 11.0. The van der Waals surface area contributed by atoms with Crippen molar-refractivity contribution in [3.8, 4) is 5.75 Å². The van der Waals surface area contributed by atoms with E-state index in [1.54, 1.807) is 20.1 Å². The first-order chi connectivity index (χ1) is 12.9. The number of rotatable bonds is 7. The van der Waals surface area contributed by atoms with Crippen molar-refractivity contribution in [2.45, 2.75) is 19.9 Å². The monoisotopic (exact) mass is 407 g/mol. The summed E-state index contributed by atoms with van der Waals surface area (Å²) in [6.45, 7) is 2.04. The Hall–Kier alpha value is -2.57. The quantitative estimate of drug-likeness (QED) is 0.540. The third kappa shape index (κ3) is 6.58. The molecular formula is C19H19Cl2N3O3. The molecule has 6 nitrogen and oxygen atoms in total. The predicted octanol–water partition coefficient (Wildman–Crippen LogP) is 3.81. The number of ether oxygens (including phenoxy) is 1. The topological polar surface area (TPSA) is 79.8 Å². The maximum atomic E-state index is 12.1. The van der Waals surface area contributed by atoms with Crippen LogP contribution in [0.2, 0.25) is 10.0 Å². The van der Waals surface area contributed by atoms with Gasteiger partial charge in [-0.25, -0.2) is 5.43 Å². The van der Waals surface area contributed by atoms with Crippen LogP contribution in [0.4, 0.5) is 0 Å². The molecule has 2 amide bonds. The lowest BCUT2D eigenvalue weighted by Gasteiger charge is -2.07. The highest BCUT2D eigenvalue weighted by Crippen LogP contribution is 2.20. The molecule has 0 fully saturated rings. The Balaban J connectivity index is 1.83. The van der Waals surface area contributed by atoms with E-state index < -0.39 is 5.91 Å². The highest BCUT2D eigenvalue weighted by atomic mass is 35.5. The minimum Gasteiger partial charge on any atom is -0.497 e. The molecule has 0 unspecified atom stereocenters. The number of halogens is 2. The van der Waals surface area contributed by atoms with E-state index in [4.69, 9.17) is 27.9 Å². The summed E-state index contributed by atoms with van der Waals surface area (Å²) in [6.07, 6.45) is 0.0603. The predicted molar refractivity (Wildman–Crippen MR) is 106 cm³/mol. The SMILES string of the molecule is COc1ccc(CNC(=O)C/C(C)=N/NC(=O)c2ccc(Cl)cc2Cl)cc1. The van der Waals surface area contributed by atoms with Crippen LogP contribution in [-0.4, -0.2) is 24.6 Å². The van der Waals surface area contributed by atoms with Crippen molar-refractivity contribution in [1.82, 2.24) is 10.7 Å². The van der Waals surface area contributed by atoms with Crippen LogP contribution in [0.15, 0.2) is 47.6 Å². The van der Waals surface area contributed by atoms with Gasteiger partial charge in [-0.3, -0.25) is 9.59 Å². The fourth-order valence-electron chi connectivity index (χ4n) is 2.16. The third-order valence-corrected chi connectivity index (χ3v) is 4.14. The summed E-state index contributed by atoms with van der Waals surface area (Å²) in [6, 6.07) is 11.9. The summed E-state index contributed by atoms with van der Waals surface area (Å²) in [5.74, 6) is 0.0742. The molecule has 0 bridgehead atoms. The Morgan fingerprint density at radius 1 is 1.11 bits per heavy atom. The van der Waals surface area contributed by atoms with Crippen molar-refractivity contribution >= 4 is 40.7 Å². The van der Waals surface area contributed by atoms with Gasteiger partial charge in [0, 0.05) is 17.3 Å². The molecule has 8 heteroatoms. The lowest BCUT2D eigenvalue weighted by atomic mass is 10.2. The minimum absolute atomic E-state index is 0.0603. The number of benzene rings is 2. The van der Waals surface area contributed by atoms with Crippen LogP contribution in [-0.2, 0) is 11.3 Å². The van der Waals surface area contributed by atoms with Gasteiger partial charge in [0.2, 0.25) is 5.91 Å². The first-order valence-electron chi connectivity index (χ1n) is 8.07. The molecule has 2 N–H and O–H groups in total. The van der Waals surface area contributed by atoms with Crippen LogP contribution in [0.25, 0.3) is 0 Å². The van der Waals surface area contributed by atoms with Crippen LogP contribution in [0.3, 0.4) is 0 Å². The minimum atomic E-state index is -0.477. The molecule has 0 spiro atoms. The molecule has 0 aliphatic carbocycles. The first kappa shape index (κ1) is 20.7. The molecule has 0 saturated carbocycles. The van der Waals surface area contributed by atoms with Crippen LogP contribution >= 0.6 is 23.2 Å². The Bertz CT molecular complexity index is 852. The van der Waals surface area contributed by atoms with Crippen molar-refractivity contribution < 1.29 is 14.3 Å². The van der Waals surface area contributed by atoms with E-state index in [9.17, 15) is 9.59 Å². The summed E-state index contributed by atoms with van der Waals surface area (Å²) in [5, 5.41) is 7.38. The van der Waals surface area contributed by atoms with E-state index in [-0.39, 0.29) is 22.9 Å². The van der Waals surface area contributed by atoms with Gasteiger partial charge >= 0.3 is 0 Å². The summed E-state index contributed by atoms with van der Waals surface area (Å²) >= 11 is 11.8. The van der Waals surface area contributed by atoms with E-state index in [0.717, 1.165) is 11.3 Å². The summed E-state index contributed by atoms with van der Waals surface area (Å²) in [5.41, 5.74) is 4.04. The second-order valence-electron chi connectivity index (χ2n) is 5.71. The smallest absolute Gasteiger partial charge is 0.272 e. The maximum Gasteiger partial charge on any atom is 0.272 e. The molecule has 142 valence electrons. The number of methoxy groups -OCH3 is 1. The molecule has 0 saturated heterocycles. The Kier molecular flexibility index (Phi) is 7.64. The number of hydrogen-bond donors (Lipinski definition) is 2. The largest absolute Gasteiger partial charge is 0.497 e. The molecule has 0 radical (unpaired) electrons.